The summed E-state index contributed by atoms with van der Waals surface area (Å²) in [7, 11) is 0. The Morgan fingerprint density at radius 1 is 1.23 bits per heavy atom. The minimum Gasteiger partial charge on any atom is -0.337 e. The molecule has 0 aromatic heterocycles. The van der Waals surface area contributed by atoms with Crippen LogP contribution < -0.4 is 5.73 Å². The minimum atomic E-state index is -0.343. The highest BCUT2D eigenvalue weighted by Crippen LogP contribution is 2.07. The fraction of sp³-hybridized carbons (Fsp3) is 0.900. The van der Waals surface area contributed by atoms with Crippen LogP contribution in [0.2, 0.25) is 0 Å². The van der Waals surface area contributed by atoms with Crippen LogP contribution in [0.4, 0.5) is 0 Å². The van der Waals surface area contributed by atoms with Gasteiger partial charge in [0.1, 0.15) is 0 Å². The summed E-state index contributed by atoms with van der Waals surface area (Å²) in [5, 5.41) is 0. The number of hydrogen-bond acceptors (Lipinski definition) is 2. The first kappa shape index (κ1) is 12.4. The third kappa shape index (κ3) is 3.35. The molecule has 0 aliphatic carbocycles. The van der Waals surface area contributed by atoms with Gasteiger partial charge in [0.15, 0.2) is 0 Å². The van der Waals surface area contributed by atoms with Crippen LogP contribution in [0.3, 0.4) is 0 Å². The lowest BCUT2D eigenvalue weighted by atomic mass is 10.1. The van der Waals surface area contributed by atoms with E-state index in [9.17, 15) is 4.79 Å². The highest BCUT2D eigenvalue weighted by Gasteiger charge is 2.23. The number of nitrogens with zero attached hydrogens (tertiary/aromatic N) is 1. The van der Waals surface area contributed by atoms with E-state index in [1.807, 2.05) is 39.5 Å². The van der Waals surface area contributed by atoms with E-state index in [0.29, 0.717) is 6.42 Å². The first-order valence-corrected chi connectivity index (χ1v) is 4.99. The molecule has 0 saturated carbocycles. The largest absolute Gasteiger partial charge is 0.337 e. The van der Waals surface area contributed by atoms with E-state index in [1.54, 1.807) is 0 Å². The normalized spacial score (nSPS) is 13.5. The Morgan fingerprint density at radius 2 is 1.62 bits per heavy atom. The van der Waals surface area contributed by atoms with Gasteiger partial charge < -0.3 is 10.6 Å². The molecule has 0 heterocycles. The van der Waals surface area contributed by atoms with Gasteiger partial charge in [-0.3, -0.25) is 4.79 Å². The van der Waals surface area contributed by atoms with Crippen molar-refractivity contribution in [3.05, 3.63) is 0 Å². The Kier molecular flexibility index (Phi) is 4.99. The van der Waals surface area contributed by atoms with Gasteiger partial charge in [-0.25, -0.2) is 0 Å². The molecule has 1 amide bonds. The predicted octanol–water partition coefficient (Wildman–Crippen LogP) is 1.37. The lowest BCUT2D eigenvalue weighted by Gasteiger charge is -2.32. The molecule has 0 radical (unpaired) electrons. The van der Waals surface area contributed by atoms with E-state index in [-0.39, 0.29) is 24.0 Å². The zero-order valence-electron chi connectivity index (χ0n) is 9.37. The minimum absolute atomic E-state index is 0.0625. The maximum absolute atomic E-state index is 11.8. The predicted molar refractivity (Wildman–Crippen MR) is 55.4 cm³/mol. The molecule has 0 saturated heterocycles. The van der Waals surface area contributed by atoms with Crippen LogP contribution in [0.25, 0.3) is 0 Å². The Balaban J connectivity index is 4.46. The summed E-state index contributed by atoms with van der Waals surface area (Å²) < 4.78 is 0. The van der Waals surface area contributed by atoms with Gasteiger partial charge in [-0.1, -0.05) is 6.92 Å². The second kappa shape index (κ2) is 5.22. The summed E-state index contributed by atoms with van der Waals surface area (Å²) in [5.41, 5.74) is 5.70. The maximum atomic E-state index is 11.8. The van der Waals surface area contributed by atoms with Crippen molar-refractivity contribution in [2.75, 3.05) is 0 Å². The van der Waals surface area contributed by atoms with Crippen molar-refractivity contribution in [1.82, 2.24) is 4.90 Å². The number of hydrogen-bond donors (Lipinski definition) is 1. The number of amides is 1. The topological polar surface area (TPSA) is 46.3 Å². The van der Waals surface area contributed by atoms with Crippen molar-refractivity contribution in [2.24, 2.45) is 5.73 Å². The van der Waals surface area contributed by atoms with E-state index >= 15 is 0 Å². The standard InChI is InChI=1S/C10H22N2O/c1-6-9(11)10(13)12(7(2)3)8(4)5/h7-9H,6,11H2,1-5H3. The van der Waals surface area contributed by atoms with E-state index in [0.717, 1.165) is 0 Å². The van der Waals surface area contributed by atoms with Crippen molar-refractivity contribution in [3.63, 3.8) is 0 Å². The van der Waals surface area contributed by atoms with Gasteiger partial charge in [0, 0.05) is 12.1 Å². The first-order chi connectivity index (χ1) is 5.91. The monoisotopic (exact) mass is 186 g/mol. The Bertz CT molecular complexity index is 158. The molecule has 0 fully saturated rings. The van der Waals surface area contributed by atoms with Crippen LogP contribution in [0, 0.1) is 0 Å². The fourth-order valence-electron chi connectivity index (χ4n) is 1.47. The highest BCUT2D eigenvalue weighted by molar-refractivity contribution is 5.82. The van der Waals surface area contributed by atoms with Crippen molar-refractivity contribution in [3.8, 4) is 0 Å². The lowest BCUT2D eigenvalue weighted by molar-refractivity contribution is -0.136. The maximum Gasteiger partial charge on any atom is 0.239 e. The van der Waals surface area contributed by atoms with Crippen molar-refractivity contribution < 1.29 is 4.79 Å². The summed E-state index contributed by atoms with van der Waals surface area (Å²) in [4.78, 5) is 13.6. The number of rotatable bonds is 4. The third-order valence-corrected chi connectivity index (χ3v) is 2.12. The molecule has 1 atom stereocenters. The molecule has 0 aromatic carbocycles. The molecular weight excluding hydrogens is 164 g/mol. The number of nitrogens with two attached hydrogens (primary N) is 1. The molecule has 0 aromatic rings. The Morgan fingerprint density at radius 3 is 1.85 bits per heavy atom. The van der Waals surface area contributed by atoms with Crippen molar-refractivity contribution in [1.29, 1.82) is 0 Å². The van der Waals surface area contributed by atoms with Gasteiger partial charge in [0.25, 0.3) is 0 Å². The molecule has 0 spiro atoms. The van der Waals surface area contributed by atoms with Crippen molar-refractivity contribution >= 4 is 5.91 Å². The van der Waals surface area contributed by atoms with E-state index < -0.39 is 0 Å². The van der Waals surface area contributed by atoms with Gasteiger partial charge in [-0.05, 0) is 34.1 Å². The summed E-state index contributed by atoms with van der Waals surface area (Å²) in [6.07, 6.45) is 0.703. The Hall–Kier alpha value is -0.570. The third-order valence-electron chi connectivity index (χ3n) is 2.12. The van der Waals surface area contributed by atoms with Crippen LogP contribution in [0.1, 0.15) is 41.0 Å². The fourth-order valence-corrected chi connectivity index (χ4v) is 1.47. The smallest absolute Gasteiger partial charge is 0.239 e. The molecule has 78 valence electrons. The van der Waals surface area contributed by atoms with Crippen LogP contribution >= 0.6 is 0 Å². The van der Waals surface area contributed by atoms with Crippen molar-refractivity contribution in [2.45, 2.75) is 59.2 Å². The van der Waals surface area contributed by atoms with Crippen LogP contribution in [0.5, 0.6) is 0 Å². The van der Waals surface area contributed by atoms with Crippen LogP contribution in [-0.2, 0) is 4.79 Å². The molecular formula is C10H22N2O. The average molecular weight is 186 g/mol. The van der Waals surface area contributed by atoms with Gasteiger partial charge in [0.2, 0.25) is 5.91 Å². The zero-order chi connectivity index (χ0) is 10.6. The molecule has 0 rings (SSSR count). The average Bonchev–Trinajstić information content (AvgIpc) is 2.01. The summed E-state index contributed by atoms with van der Waals surface area (Å²) in [6, 6.07) is 0.111. The van der Waals surface area contributed by atoms with E-state index in [4.69, 9.17) is 5.73 Å². The van der Waals surface area contributed by atoms with Gasteiger partial charge in [0.05, 0.1) is 6.04 Å². The number of carbonyl (C=O) groups excluding carboxylic acids is 1. The second-order valence-electron chi connectivity index (χ2n) is 3.95. The van der Waals surface area contributed by atoms with Gasteiger partial charge >= 0.3 is 0 Å². The molecule has 0 aliphatic heterocycles. The molecule has 2 N–H and O–H groups in total. The number of carbonyl (C=O) groups is 1. The molecule has 1 unspecified atom stereocenters. The summed E-state index contributed by atoms with van der Waals surface area (Å²) in [5.74, 6) is 0.0625. The van der Waals surface area contributed by atoms with E-state index in [2.05, 4.69) is 0 Å². The van der Waals surface area contributed by atoms with Gasteiger partial charge in [-0.15, -0.1) is 0 Å². The summed E-state index contributed by atoms with van der Waals surface area (Å²) in [6.45, 7) is 9.99. The Labute approximate surface area is 81.3 Å². The molecule has 3 heteroatoms. The highest BCUT2D eigenvalue weighted by atomic mass is 16.2. The SMILES string of the molecule is CCC(N)C(=O)N(C(C)C)C(C)C. The molecule has 13 heavy (non-hydrogen) atoms. The zero-order valence-corrected chi connectivity index (χ0v) is 9.37. The van der Waals surface area contributed by atoms with Crippen LogP contribution in [0.15, 0.2) is 0 Å². The van der Waals surface area contributed by atoms with E-state index in [1.165, 1.54) is 0 Å². The molecule has 3 nitrogen and oxygen atoms in total. The lowest BCUT2D eigenvalue weighted by Crippen LogP contribution is -2.49. The van der Waals surface area contributed by atoms with Crippen LogP contribution in [-0.4, -0.2) is 28.9 Å². The quantitative estimate of drug-likeness (QED) is 0.720. The molecule has 0 aliphatic rings. The van der Waals surface area contributed by atoms with Gasteiger partial charge in [-0.2, -0.15) is 0 Å². The second-order valence-corrected chi connectivity index (χ2v) is 3.95. The molecule has 0 bridgehead atoms. The first-order valence-electron chi connectivity index (χ1n) is 4.99. The summed E-state index contributed by atoms with van der Waals surface area (Å²) >= 11 is 0.